The van der Waals surface area contributed by atoms with Crippen LogP contribution in [0.5, 0.6) is 0 Å². The lowest BCUT2D eigenvalue weighted by atomic mass is 9.82. The molecule has 0 spiro atoms. The van der Waals surface area contributed by atoms with Crippen LogP contribution in [-0.4, -0.2) is 17.8 Å². The van der Waals surface area contributed by atoms with Gasteiger partial charge in [0.05, 0.1) is 11.9 Å². The van der Waals surface area contributed by atoms with Crippen molar-refractivity contribution in [2.45, 2.75) is 6.42 Å². The average molecular weight is 299 g/mol. The zero-order valence-electron chi connectivity index (χ0n) is 11.5. The first kappa shape index (κ1) is 14.3. The number of carboxylic acids is 2. The van der Waals surface area contributed by atoms with Crippen molar-refractivity contribution >= 4 is 23.5 Å². The molecule has 2 bridgehead atoms. The predicted molar refractivity (Wildman–Crippen MR) is 72.1 cm³/mol. The van der Waals surface area contributed by atoms with Crippen LogP contribution in [0.2, 0.25) is 0 Å². The number of amides is 1. The largest absolute Gasteiger partial charge is 0.550 e. The minimum Gasteiger partial charge on any atom is -0.550 e. The molecule has 0 heterocycles. The Bertz CT molecular complexity index is 681. The number of aromatic carboxylic acids is 1. The zero-order chi connectivity index (χ0) is 15.9. The summed E-state index contributed by atoms with van der Waals surface area (Å²) < 4.78 is 0. The number of hydrogen-bond donors (Lipinski definition) is 1. The third kappa shape index (κ3) is 2.36. The van der Waals surface area contributed by atoms with Gasteiger partial charge in [0.2, 0.25) is 5.91 Å². The molecule has 114 valence electrons. The summed E-state index contributed by atoms with van der Waals surface area (Å²) in [5.41, 5.74) is 0.248. The Labute approximate surface area is 126 Å². The number of anilines is 1. The summed E-state index contributed by atoms with van der Waals surface area (Å²) >= 11 is 0. The summed E-state index contributed by atoms with van der Waals surface area (Å²) in [7, 11) is 0. The van der Waals surface area contributed by atoms with Crippen molar-refractivity contribution in [1.82, 2.24) is 0 Å². The van der Waals surface area contributed by atoms with Gasteiger partial charge in [-0.2, -0.15) is 0 Å². The van der Waals surface area contributed by atoms with E-state index in [1.165, 1.54) is 18.2 Å². The van der Waals surface area contributed by atoms with E-state index in [0.717, 1.165) is 0 Å². The molecule has 0 unspecified atom stereocenters. The van der Waals surface area contributed by atoms with Crippen LogP contribution in [0.25, 0.3) is 0 Å². The number of nitrogens with one attached hydrogen (secondary N) is 1. The normalized spacial score (nSPS) is 28.5. The van der Waals surface area contributed by atoms with Gasteiger partial charge in [-0.25, -0.2) is 0 Å². The van der Waals surface area contributed by atoms with E-state index in [1.807, 2.05) is 12.2 Å². The van der Waals surface area contributed by atoms with Crippen LogP contribution in [0.1, 0.15) is 16.8 Å². The Morgan fingerprint density at radius 1 is 1.05 bits per heavy atom. The average Bonchev–Trinajstić information content (AvgIpc) is 3.07. The lowest BCUT2D eigenvalue weighted by Crippen LogP contribution is -2.42. The molecule has 6 nitrogen and oxygen atoms in total. The maximum absolute atomic E-state index is 12.4. The molecule has 4 atom stereocenters. The number of carboxylic acid groups (broad SMARTS) is 2. The molecule has 0 aliphatic heterocycles. The maximum atomic E-state index is 12.4. The van der Waals surface area contributed by atoms with Crippen LogP contribution in [0.15, 0.2) is 36.4 Å². The van der Waals surface area contributed by atoms with Crippen LogP contribution >= 0.6 is 0 Å². The summed E-state index contributed by atoms with van der Waals surface area (Å²) in [4.78, 5) is 34.5. The van der Waals surface area contributed by atoms with Gasteiger partial charge in [-0.3, -0.25) is 4.79 Å². The second-order valence-electron chi connectivity index (χ2n) is 5.68. The SMILES string of the molecule is O=C([O-])c1cccc(NC(=O)[C@@H]2[C@@H](C(=O)[O-])[C@H]3C=C[C@@H]2C3)c1. The number of carbonyl (C=O) groups is 3. The predicted octanol–water partition coefficient (Wildman–Crippen LogP) is -0.823. The Kier molecular flexibility index (Phi) is 3.44. The monoisotopic (exact) mass is 299 g/mol. The second-order valence-corrected chi connectivity index (χ2v) is 5.68. The molecule has 0 aromatic heterocycles. The summed E-state index contributed by atoms with van der Waals surface area (Å²) in [5.74, 6) is -4.79. The van der Waals surface area contributed by atoms with Gasteiger partial charge in [0, 0.05) is 17.6 Å². The Morgan fingerprint density at radius 2 is 1.73 bits per heavy atom. The van der Waals surface area contributed by atoms with E-state index in [4.69, 9.17) is 0 Å². The van der Waals surface area contributed by atoms with Crippen LogP contribution < -0.4 is 15.5 Å². The molecular formula is C16H13NO5-2. The molecular weight excluding hydrogens is 286 g/mol. The topological polar surface area (TPSA) is 109 Å². The summed E-state index contributed by atoms with van der Waals surface area (Å²) in [6.45, 7) is 0. The van der Waals surface area contributed by atoms with Crippen LogP contribution in [0.4, 0.5) is 5.69 Å². The van der Waals surface area contributed by atoms with E-state index in [9.17, 15) is 24.6 Å². The van der Waals surface area contributed by atoms with Crippen LogP contribution in [-0.2, 0) is 9.59 Å². The van der Waals surface area contributed by atoms with Crippen LogP contribution in [0.3, 0.4) is 0 Å². The minimum absolute atomic E-state index is 0.0536. The third-order valence-electron chi connectivity index (χ3n) is 4.40. The standard InChI is InChI=1S/C16H15NO5/c18-14(17-11-3-1-2-10(7-11)15(19)20)12-8-4-5-9(6-8)13(12)16(21)22/h1-5,7-9,12-13H,6H2,(H,17,18)(H,19,20)(H,21,22)/p-2/t8-,9+,12+,13+/m1/s1. The maximum Gasteiger partial charge on any atom is 0.228 e. The molecule has 1 fully saturated rings. The lowest BCUT2D eigenvalue weighted by molar-refractivity contribution is -0.313. The van der Waals surface area contributed by atoms with E-state index in [-0.39, 0.29) is 17.4 Å². The van der Waals surface area contributed by atoms with Crippen molar-refractivity contribution in [2.24, 2.45) is 23.7 Å². The molecule has 22 heavy (non-hydrogen) atoms. The highest BCUT2D eigenvalue weighted by molar-refractivity contribution is 5.97. The second kappa shape index (κ2) is 5.29. The molecule has 1 aromatic carbocycles. The fourth-order valence-corrected chi connectivity index (χ4v) is 3.45. The number of hydrogen-bond acceptors (Lipinski definition) is 5. The van der Waals surface area contributed by atoms with Gasteiger partial charge in [0.1, 0.15) is 0 Å². The number of aliphatic carboxylic acids is 1. The van der Waals surface area contributed by atoms with Gasteiger partial charge in [0.25, 0.3) is 0 Å². The summed E-state index contributed by atoms with van der Waals surface area (Å²) in [6.07, 6.45) is 4.33. The third-order valence-corrected chi connectivity index (χ3v) is 4.40. The number of allylic oxidation sites excluding steroid dienone is 2. The molecule has 2 aliphatic carbocycles. The van der Waals surface area contributed by atoms with E-state index in [2.05, 4.69) is 5.32 Å². The Balaban J connectivity index is 1.80. The molecule has 3 rings (SSSR count). The number of carbonyl (C=O) groups excluding carboxylic acids is 3. The smallest absolute Gasteiger partial charge is 0.228 e. The number of benzene rings is 1. The van der Waals surface area contributed by atoms with Gasteiger partial charge in [-0.15, -0.1) is 0 Å². The Morgan fingerprint density at radius 3 is 2.36 bits per heavy atom. The van der Waals surface area contributed by atoms with E-state index >= 15 is 0 Å². The van der Waals surface area contributed by atoms with Crippen molar-refractivity contribution in [3.63, 3.8) is 0 Å². The fraction of sp³-hybridized carbons (Fsp3) is 0.312. The van der Waals surface area contributed by atoms with Gasteiger partial charge < -0.3 is 25.1 Å². The van der Waals surface area contributed by atoms with Gasteiger partial charge in [-0.05, 0) is 36.0 Å². The van der Waals surface area contributed by atoms with E-state index in [1.54, 1.807) is 6.07 Å². The minimum atomic E-state index is -1.34. The van der Waals surface area contributed by atoms with Gasteiger partial charge in [-0.1, -0.05) is 24.3 Å². The highest BCUT2D eigenvalue weighted by Crippen LogP contribution is 2.48. The molecule has 2 aliphatic rings. The fourth-order valence-electron chi connectivity index (χ4n) is 3.45. The molecule has 0 radical (unpaired) electrons. The zero-order valence-corrected chi connectivity index (χ0v) is 11.5. The van der Waals surface area contributed by atoms with E-state index < -0.39 is 29.7 Å². The number of rotatable bonds is 4. The summed E-state index contributed by atoms with van der Waals surface area (Å²) in [6, 6.07) is 5.67. The van der Waals surface area contributed by atoms with Gasteiger partial charge >= 0.3 is 0 Å². The van der Waals surface area contributed by atoms with Gasteiger partial charge in [0.15, 0.2) is 0 Å². The first-order valence-corrected chi connectivity index (χ1v) is 6.99. The molecule has 1 N–H and O–H groups in total. The first-order chi connectivity index (χ1) is 10.5. The highest BCUT2D eigenvalue weighted by atomic mass is 16.4. The molecule has 1 amide bonds. The molecule has 1 aromatic rings. The molecule has 0 saturated heterocycles. The first-order valence-electron chi connectivity index (χ1n) is 6.99. The van der Waals surface area contributed by atoms with Crippen molar-refractivity contribution in [3.8, 4) is 0 Å². The quantitative estimate of drug-likeness (QED) is 0.730. The molecule has 6 heteroatoms. The highest BCUT2D eigenvalue weighted by Gasteiger charge is 2.48. The van der Waals surface area contributed by atoms with Crippen LogP contribution in [0, 0.1) is 23.7 Å². The molecule has 1 saturated carbocycles. The summed E-state index contributed by atoms with van der Waals surface area (Å²) in [5, 5.41) is 24.7. The van der Waals surface area contributed by atoms with E-state index in [0.29, 0.717) is 12.1 Å². The van der Waals surface area contributed by atoms with Crippen molar-refractivity contribution < 1.29 is 24.6 Å². The lowest BCUT2D eigenvalue weighted by Gasteiger charge is -2.27. The number of fused-ring (bicyclic) bond motifs is 2. The Hall–Kier alpha value is -2.63. The van der Waals surface area contributed by atoms with Crippen molar-refractivity contribution in [1.29, 1.82) is 0 Å². The van der Waals surface area contributed by atoms with Crippen molar-refractivity contribution in [2.75, 3.05) is 5.32 Å². The van der Waals surface area contributed by atoms with Crippen molar-refractivity contribution in [3.05, 3.63) is 42.0 Å².